The molecule has 0 aromatic heterocycles. The summed E-state index contributed by atoms with van der Waals surface area (Å²) >= 11 is 0.927. The maximum Gasteiger partial charge on any atom is 0.243 e. The van der Waals surface area contributed by atoms with Crippen LogP contribution in [0.4, 0.5) is 0 Å². The number of thiol groups is 1. The molecule has 2 heterocycles. The highest BCUT2D eigenvalue weighted by Gasteiger charge is 2.69. The van der Waals surface area contributed by atoms with Crippen LogP contribution in [0.15, 0.2) is 0 Å². The van der Waals surface area contributed by atoms with Crippen LogP contribution in [0.5, 0.6) is 0 Å². The molecule has 34 heavy (non-hydrogen) atoms. The largest absolute Gasteiger partial charge is 0.368 e. The summed E-state index contributed by atoms with van der Waals surface area (Å²) in [5.41, 5.74) is 11.1. The van der Waals surface area contributed by atoms with Gasteiger partial charge in [0.15, 0.2) is 0 Å². The number of hydrogen-bond donors (Lipinski definition) is 6. The molecule has 1 unspecified atom stereocenters. The van der Waals surface area contributed by atoms with Crippen LogP contribution in [0.3, 0.4) is 0 Å². The highest BCUT2D eigenvalue weighted by atomic mass is 32.1. The zero-order valence-electron chi connectivity index (χ0n) is 20.8. The molecule has 192 valence electrons. The molecule has 2 aliphatic heterocycles. The summed E-state index contributed by atoms with van der Waals surface area (Å²) in [6.45, 7) is 9.34. The Kier molecular flexibility index (Phi) is 7.79. The number of piperidine rings is 1. The number of nitrogens with one attached hydrogen (secondary N) is 3. The van der Waals surface area contributed by atoms with E-state index in [2.05, 4.69) is 29.8 Å². The number of likely N-dealkylation sites (tertiary alicyclic amines) is 1. The Balaban J connectivity index is 1.71. The average Bonchev–Trinajstić information content (AvgIpc) is 3.12. The Morgan fingerprint density at radius 3 is 2.53 bits per heavy atom. The van der Waals surface area contributed by atoms with Gasteiger partial charge in [-0.3, -0.25) is 30.2 Å². The van der Waals surface area contributed by atoms with E-state index in [0.29, 0.717) is 36.8 Å². The summed E-state index contributed by atoms with van der Waals surface area (Å²) in [6, 6.07) is -1.59. The normalized spacial score (nSPS) is 29.1. The first kappa shape index (κ1) is 26.6. The monoisotopic (exact) mass is 496 g/mol. The number of carbonyl (C=O) groups is 4. The molecule has 0 aromatic carbocycles. The van der Waals surface area contributed by atoms with Crippen molar-refractivity contribution in [3.05, 3.63) is 0 Å². The molecule has 0 aromatic rings. The fourth-order valence-electron chi connectivity index (χ4n) is 5.45. The van der Waals surface area contributed by atoms with Gasteiger partial charge in [-0.05, 0) is 48.3 Å². The summed E-state index contributed by atoms with van der Waals surface area (Å²) < 4.78 is 0. The van der Waals surface area contributed by atoms with Crippen LogP contribution in [0.1, 0.15) is 47.0 Å². The third kappa shape index (κ3) is 5.63. The van der Waals surface area contributed by atoms with Crippen LogP contribution >= 0.6 is 11.4 Å². The van der Waals surface area contributed by atoms with E-state index in [1.807, 2.05) is 13.8 Å². The van der Waals surface area contributed by atoms with E-state index in [9.17, 15) is 19.2 Å². The first-order chi connectivity index (χ1) is 15.8. The minimum Gasteiger partial charge on any atom is -0.368 e. The van der Waals surface area contributed by atoms with Crippen molar-refractivity contribution < 1.29 is 19.2 Å². The minimum atomic E-state index is -0.950. The number of carbonyl (C=O) groups excluding carboxylic acids is 4. The SMILES string of the molecule is CN/C(N)=[SH]/CC(C)(C)CC(=O)N1C[C@H]2C([C@H]1C(=O)N[C@@H](C[C@@H]1CCNC1=O)C(N)=O)C2(C)C. The van der Waals surface area contributed by atoms with E-state index < -0.39 is 18.0 Å². The van der Waals surface area contributed by atoms with Crippen molar-refractivity contribution in [2.75, 3.05) is 25.9 Å². The van der Waals surface area contributed by atoms with Gasteiger partial charge in [-0.1, -0.05) is 27.7 Å². The third-order valence-corrected chi connectivity index (χ3v) is 9.28. The lowest BCUT2D eigenvalue weighted by Crippen LogP contribution is -2.55. The van der Waals surface area contributed by atoms with Crippen LogP contribution in [0.2, 0.25) is 0 Å². The van der Waals surface area contributed by atoms with Crippen LogP contribution in [-0.2, 0) is 19.2 Å². The second-order valence-electron chi connectivity index (χ2n) is 11.2. The minimum absolute atomic E-state index is 0.0364. The molecule has 4 amide bonds. The zero-order valence-corrected chi connectivity index (χ0v) is 21.7. The Bertz CT molecular complexity index is 889. The number of nitrogens with two attached hydrogens (primary N) is 2. The molecule has 5 atom stereocenters. The highest BCUT2D eigenvalue weighted by Crippen LogP contribution is 2.65. The van der Waals surface area contributed by atoms with Crippen LogP contribution in [-0.4, -0.2) is 71.6 Å². The maximum atomic E-state index is 13.4. The van der Waals surface area contributed by atoms with Gasteiger partial charge in [-0.25, -0.2) is 0 Å². The number of primary amides is 1. The van der Waals surface area contributed by atoms with Crippen LogP contribution < -0.4 is 27.4 Å². The fourth-order valence-corrected chi connectivity index (χ4v) is 6.31. The quantitative estimate of drug-likeness (QED) is 0.179. The van der Waals surface area contributed by atoms with Crippen molar-refractivity contribution in [3.8, 4) is 0 Å². The molecule has 10 nitrogen and oxygen atoms in total. The first-order valence-corrected chi connectivity index (χ1v) is 13.0. The lowest BCUT2D eigenvalue weighted by Gasteiger charge is -2.33. The Labute approximate surface area is 205 Å². The lowest BCUT2D eigenvalue weighted by molar-refractivity contribution is -0.142. The van der Waals surface area contributed by atoms with Gasteiger partial charge in [0.25, 0.3) is 0 Å². The summed E-state index contributed by atoms with van der Waals surface area (Å²) in [6.07, 6.45) is 1.07. The number of fused-ring (bicyclic) bond motifs is 1. The van der Waals surface area contributed by atoms with Gasteiger partial charge in [-0.2, -0.15) is 11.4 Å². The summed E-state index contributed by atoms with van der Waals surface area (Å²) in [7, 11) is 1.76. The molecular weight excluding hydrogens is 456 g/mol. The lowest BCUT2D eigenvalue weighted by atomic mass is 9.90. The zero-order chi connectivity index (χ0) is 25.4. The molecule has 0 bridgehead atoms. The highest BCUT2D eigenvalue weighted by molar-refractivity contribution is 7.98. The molecule has 11 heteroatoms. The summed E-state index contributed by atoms with van der Waals surface area (Å²) in [4.78, 5) is 52.5. The van der Waals surface area contributed by atoms with Gasteiger partial charge in [0, 0.05) is 25.4 Å². The van der Waals surface area contributed by atoms with Gasteiger partial charge in [0.1, 0.15) is 12.1 Å². The first-order valence-electron chi connectivity index (χ1n) is 11.9. The molecule has 3 fully saturated rings. The van der Waals surface area contributed by atoms with Crippen molar-refractivity contribution in [2.24, 2.45) is 40.1 Å². The standard InChI is InChI=1S/C23H40N6O4S/c1-22(2,11-34-21(25)26-5)9-15(30)29-10-13-16(23(13,3)4)17(29)20(33)28-14(18(24)31)8-12-6-7-27-19(12)32/h12-14,16-17,26,34H,6-11,25H2,1-5H3,(H2,24,31)(H,27,32)(H,28,33)/t12-,13-,14-,16?,17-/m0/s1. The van der Waals surface area contributed by atoms with Crippen molar-refractivity contribution in [2.45, 2.75) is 59.0 Å². The van der Waals surface area contributed by atoms with Gasteiger partial charge in [0.05, 0.1) is 5.11 Å². The van der Waals surface area contributed by atoms with Gasteiger partial charge >= 0.3 is 0 Å². The van der Waals surface area contributed by atoms with E-state index >= 15 is 0 Å². The predicted molar refractivity (Wildman–Crippen MR) is 134 cm³/mol. The molecule has 1 aliphatic carbocycles. The Hall–Kier alpha value is -1.98. The fraction of sp³-hybridized carbons (Fsp3) is 0.783. The molecule has 3 aliphatic rings. The second-order valence-corrected chi connectivity index (χ2v) is 12.3. The maximum absolute atomic E-state index is 13.4. The van der Waals surface area contributed by atoms with Crippen LogP contribution in [0.25, 0.3) is 0 Å². The number of hydrogen-bond acceptors (Lipinski definition) is 4. The average molecular weight is 497 g/mol. The third-order valence-electron chi connectivity index (χ3n) is 7.70. The topological polar surface area (TPSA) is 160 Å². The van der Waals surface area contributed by atoms with Gasteiger partial charge in [-0.15, -0.1) is 0 Å². The van der Waals surface area contributed by atoms with Crippen molar-refractivity contribution in [3.63, 3.8) is 0 Å². The van der Waals surface area contributed by atoms with Crippen molar-refractivity contribution in [1.82, 2.24) is 20.9 Å². The molecular formula is C23H40N6O4S. The molecule has 2 saturated heterocycles. The molecule has 0 radical (unpaired) electrons. The van der Waals surface area contributed by atoms with Gasteiger partial charge < -0.3 is 21.3 Å². The number of rotatable bonds is 9. The van der Waals surface area contributed by atoms with E-state index in [1.54, 1.807) is 11.9 Å². The summed E-state index contributed by atoms with van der Waals surface area (Å²) in [5, 5.41) is 9.08. The molecule has 1 saturated carbocycles. The molecule has 7 N–H and O–H groups in total. The second kappa shape index (κ2) is 9.94. The van der Waals surface area contributed by atoms with E-state index in [0.717, 1.165) is 11.4 Å². The van der Waals surface area contributed by atoms with E-state index in [1.165, 1.54) is 0 Å². The van der Waals surface area contributed by atoms with E-state index in [4.69, 9.17) is 11.5 Å². The smallest absolute Gasteiger partial charge is 0.243 e. The van der Waals surface area contributed by atoms with Gasteiger partial charge in [0.2, 0.25) is 23.6 Å². The van der Waals surface area contributed by atoms with E-state index in [-0.39, 0.29) is 52.7 Å². The van der Waals surface area contributed by atoms with Crippen molar-refractivity contribution >= 4 is 40.1 Å². The van der Waals surface area contributed by atoms with Crippen LogP contribution in [0, 0.1) is 28.6 Å². The predicted octanol–water partition coefficient (Wildman–Crippen LogP) is -0.887. The number of amides is 4. The Morgan fingerprint density at radius 1 is 1.29 bits per heavy atom. The Morgan fingerprint density at radius 2 is 1.97 bits per heavy atom. The summed E-state index contributed by atoms with van der Waals surface area (Å²) in [5.74, 6) is -0.598. The number of nitrogens with zero attached hydrogens (tertiary/aromatic N) is 1. The molecule has 3 rings (SSSR count). The molecule has 0 spiro atoms. The van der Waals surface area contributed by atoms with Crippen molar-refractivity contribution in [1.29, 1.82) is 0 Å².